The summed E-state index contributed by atoms with van der Waals surface area (Å²) in [6.07, 6.45) is 3.71. The number of rotatable bonds is 2. The summed E-state index contributed by atoms with van der Waals surface area (Å²) in [5.74, 6) is 0. The fourth-order valence-corrected chi connectivity index (χ4v) is 9.20. The van der Waals surface area contributed by atoms with Gasteiger partial charge in [-0.1, -0.05) is 0 Å². The largest absolute Gasteiger partial charge is 1.00 e. The van der Waals surface area contributed by atoms with Gasteiger partial charge in [-0.05, 0) is 0 Å². The molecule has 2 aliphatic carbocycles. The Kier molecular flexibility index (Phi) is 8.74. The fraction of sp³-hybridized carbons (Fsp3) is 0.484. The van der Waals surface area contributed by atoms with Crippen LogP contribution in [0.5, 0.6) is 0 Å². The summed E-state index contributed by atoms with van der Waals surface area (Å²) in [4.78, 5) is 0. The number of hydrogen-bond acceptors (Lipinski definition) is 0. The molecule has 0 unspecified atom stereocenters. The molecule has 2 aromatic rings. The first-order valence-corrected chi connectivity index (χ1v) is 14.8. The summed E-state index contributed by atoms with van der Waals surface area (Å²) < 4.78 is 2.42. The molecule has 0 fully saturated rings. The van der Waals surface area contributed by atoms with Crippen molar-refractivity contribution in [2.45, 2.75) is 90.1 Å². The summed E-state index contributed by atoms with van der Waals surface area (Å²) in [6.45, 7) is 23.4. The van der Waals surface area contributed by atoms with Crippen LogP contribution in [-0.4, -0.2) is 0 Å². The Bertz CT molecular complexity index is 1070. The van der Waals surface area contributed by atoms with Gasteiger partial charge in [-0.3, -0.25) is 0 Å². The maximum Gasteiger partial charge on any atom is -1.00 e. The molecule has 0 radical (unpaired) electrons. The van der Waals surface area contributed by atoms with E-state index in [4.69, 9.17) is 0 Å². The Morgan fingerprint density at radius 3 is 1.47 bits per heavy atom. The molecule has 182 valence electrons. The molecule has 4 rings (SSSR count). The van der Waals surface area contributed by atoms with Crippen molar-refractivity contribution < 1.29 is 48.0 Å². The van der Waals surface area contributed by atoms with Gasteiger partial charge in [-0.25, -0.2) is 0 Å². The van der Waals surface area contributed by atoms with Gasteiger partial charge in [-0.15, -0.1) is 0 Å². The Morgan fingerprint density at radius 1 is 0.676 bits per heavy atom. The average molecular weight is 575 g/mol. The quantitative estimate of drug-likeness (QED) is 0.518. The normalized spacial score (nSPS) is 15.8. The molecule has 2 aromatic carbocycles. The Morgan fingerprint density at radius 2 is 1.12 bits per heavy atom. The van der Waals surface area contributed by atoms with Gasteiger partial charge in [0.05, 0.1) is 0 Å². The molecule has 0 nitrogen and oxygen atoms in total. The molecular weight excluding hydrogens is 534 g/mol. The van der Waals surface area contributed by atoms with Crippen molar-refractivity contribution in [3.63, 3.8) is 0 Å². The molecule has 3 heteroatoms. The third-order valence-electron chi connectivity index (χ3n) is 7.27. The van der Waals surface area contributed by atoms with Crippen LogP contribution in [0.1, 0.15) is 102 Å². The van der Waals surface area contributed by atoms with Crippen LogP contribution in [0.4, 0.5) is 0 Å². The Hall–Kier alpha value is -0.617. The summed E-state index contributed by atoms with van der Waals surface area (Å²) in [5, 5.41) is 0. The predicted molar refractivity (Wildman–Crippen MR) is 136 cm³/mol. The van der Waals surface area contributed by atoms with Crippen LogP contribution in [0.15, 0.2) is 56.9 Å². The van der Waals surface area contributed by atoms with Crippen molar-refractivity contribution >= 4 is 0 Å². The van der Waals surface area contributed by atoms with Crippen molar-refractivity contribution in [2.75, 3.05) is 0 Å². The Balaban J connectivity index is 0.00000204. The van der Waals surface area contributed by atoms with Crippen molar-refractivity contribution in [1.82, 2.24) is 0 Å². The fourth-order valence-electron chi connectivity index (χ4n) is 4.89. The van der Waals surface area contributed by atoms with Gasteiger partial charge in [-0.2, -0.15) is 0 Å². The maximum absolute atomic E-state index is 2.51. The topological polar surface area (TPSA) is 0 Å². The summed E-state index contributed by atoms with van der Waals surface area (Å²) in [6, 6.07) is 14.8. The number of allylic oxidation sites excluding steroid dienone is 4. The predicted octanol–water partition coefficient (Wildman–Crippen LogP) is 3.09. The van der Waals surface area contributed by atoms with Gasteiger partial charge in [0.1, 0.15) is 0 Å². The molecule has 0 bridgehead atoms. The number of halogens is 2. The van der Waals surface area contributed by atoms with Gasteiger partial charge in [0.15, 0.2) is 0 Å². The molecule has 0 heterocycles. The SMILES string of the molecule is CC1=[C]([Zr+2][CH]2c3ccc(C(C)(C)C)cc3-c3cc(C(C)(C)C)ccc32)CC(C(C)(C)C)=C1.[Cl-].[Cl-]. The first kappa shape index (κ1) is 29.6. The molecule has 0 aromatic heterocycles. The van der Waals surface area contributed by atoms with Crippen LogP contribution in [0.3, 0.4) is 0 Å². The van der Waals surface area contributed by atoms with E-state index in [0.29, 0.717) is 3.63 Å². The summed E-state index contributed by atoms with van der Waals surface area (Å²) >= 11 is -0.811. The number of benzene rings is 2. The van der Waals surface area contributed by atoms with Gasteiger partial charge in [0, 0.05) is 0 Å². The number of hydrogen-bond donors (Lipinski definition) is 0. The second-order valence-electron chi connectivity index (χ2n) is 12.9. The zero-order valence-electron chi connectivity index (χ0n) is 22.6. The second kappa shape index (κ2) is 10.0. The molecule has 0 saturated heterocycles. The first-order valence-electron chi connectivity index (χ1n) is 12.1. The molecule has 0 amide bonds. The van der Waals surface area contributed by atoms with Crippen molar-refractivity contribution in [1.29, 1.82) is 0 Å². The van der Waals surface area contributed by atoms with Gasteiger partial charge in [0.25, 0.3) is 0 Å². The van der Waals surface area contributed by atoms with E-state index in [-0.39, 0.29) is 41.1 Å². The van der Waals surface area contributed by atoms with E-state index in [9.17, 15) is 0 Å². The zero-order valence-corrected chi connectivity index (χ0v) is 26.6. The van der Waals surface area contributed by atoms with E-state index < -0.39 is 23.2 Å². The van der Waals surface area contributed by atoms with Crippen LogP contribution in [0.25, 0.3) is 11.1 Å². The molecule has 0 atom stereocenters. The van der Waals surface area contributed by atoms with Crippen LogP contribution in [0.2, 0.25) is 0 Å². The van der Waals surface area contributed by atoms with Crippen molar-refractivity contribution in [3.8, 4) is 11.1 Å². The molecule has 0 aliphatic heterocycles. The molecule has 0 N–H and O–H groups in total. The Labute approximate surface area is 232 Å². The average Bonchev–Trinajstić information content (AvgIpc) is 3.18. The van der Waals surface area contributed by atoms with Crippen LogP contribution >= 0.6 is 0 Å². The third kappa shape index (κ3) is 5.69. The zero-order chi connectivity index (χ0) is 23.6. The van der Waals surface area contributed by atoms with Gasteiger partial charge in [0.2, 0.25) is 0 Å². The van der Waals surface area contributed by atoms with E-state index in [2.05, 4.69) is 112 Å². The minimum Gasteiger partial charge on any atom is -1.00 e. The molecule has 2 aliphatic rings. The second-order valence-corrected chi connectivity index (χ2v) is 16.6. The summed E-state index contributed by atoms with van der Waals surface area (Å²) in [5.41, 5.74) is 12.9. The van der Waals surface area contributed by atoms with E-state index in [1.807, 2.05) is 0 Å². The standard InChI is InChI=1S/C21H25.C10H15.2ClH.Zr/c1-20(2,3)16-9-7-14-11-15-8-10-17(21(4,5)6)13-19(15)18(14)12-16;1-8-5-6-9(7-8)10(2,3)4;;;/h7-13H,1-6H3;7H,6H2,1-4H3;2*1H;/q;;;;+2/p-2. The van der Waals surface area contributed by atoms with E-state index in [1.165, 1.54) is 28.7 Å². The van der Waals surface area contributed by atoms with Gasteiger partial charge >= 0.3 is 209 Å². The molecule has 0 saturated carbocycles. The van der Waals surface area contributed by atoms with E-state index in [0.717, 1.165) is 0 Å². The van der Waals surface area contributed by atoms with Crippen molar-refractivity contribution in [2.24, 2.45) is 5.41 Å². The van der Waals surface area contributed by atoms with E-state index in [1.54, 1.807) is 25.6 Å². The van der Waals surface area contributed by atoms with Crippen LogP contribution < -0.4 is 24.8 Å². The smallest absolute Gasteiger partial charge is 1.00 e. The summed E-state index contributed by atoms with van der Waals surface area (Å²) in [7, 11) is 0. The van der Waals surface area contributed by atoms with Crippen molar-refractivity contribution in [3.05, 3.63) is 79.2 Å². The van der Waals surface area contributed by atoms with Crippen LogP contribution in [-0.2, 0) is 34.1 Å². The van der Waals surface area contributed by atoms with Crippen LogP contribution in [0, 0.1) is 5.41 Å². The molecule has 0 spiro atoms. The first-order chi connectivity index (χ1) is 14.7. The van der Waals surface area contributed by atoms with E-state index >= 15 is 0 Å². The van der Waals surface area contributed by atoms with Gasteiger partial charge < -0.3 is 24.8 Å². The molecule has 34 heavy (non-hydrogen) atoms. The molecular formula is C31H40Cl2Zr. The monoisotopic (exact) mass is 572 g/mol. The maximum atomic E-state index is 2.51. The third-order valence-corrected chi connectivity index (χ3v) is 11.8. The minimum atomic E-state index is -0.811. The minimum absolute atomic E-state index is 0. The number of fused-ring (bicyclic) bond motifs is 3.